The maximum atomic E-state index is 12.1. The summed E-state index contributed by atoms with van der Waals surface area (Å²) in [7, 11) is -3.43. The lowest BCUT2D eigenvalue weighted by molar-refractivity contribution is -0.121. The highest BCUT2D eigenvalue weighted by molar-refractivity contribution is 7.89. The Labute approximate surface area is 149 Å². The van der Waals surface area contributed by atoms with Crippen LogP contribution in [-0.2, 0) is 21.2 Å². The Bertz CT molecular complexity index is 787. The molecular formula is C19H24N2O3S. The van der Waals surface area contributed by atoms with Crippen LogP contribution in [0.4, 0.5) is 0 Å². The molecule has 0 aromatic heterocycles. The van der Waals surface area contributed by atoms with Crippen molar-refractivity contribution in [3.63, 3.8) is 0 Å². The monoisotopic (exact) mass is 360 g/mol. The van der Waals surface area contributed by atoms with Crippen molar-refractivity contribution in [1.82, 2.24) is 10.0 Å². The van der Waals surface area contributed by atoms with Gasteiger partial charge in [0.2, 0.25) is 15.9 Å². The lowest BCUT2D eigenvalue weighted by Gasteiger charge is -2.14. The topological polar surface area (TPSA) is 75.3 Å². The Balaban J connectivity index is 1.88. The van der Waals surface area contributed by atoms with Crippen molar-refractivity contribution >= 4 is 15.9 Å². The standard InChI is InChI=1S/C19H24N2O3S/c1-3-20-25(23,24)18-12-9-16(10-13-18)11-14-19(22)21-15(2)17-7-5-4-6-8-17/h4-10,12-13,15,20H,3,11,14H2,1-2H3,(H,21,22). The van der Waals surface area contributed by atoms with Crippen molar-refractivity contribution in [2.45, 2.75) is 37.6 Å². The van der Waals surface area contributed by atoms with E-state index in [4.69, 9.17) is 0 Å². The van der Waals surface area contributed by atoms with E-state index in [1.54, 1.807) is 31.2 Å². The molecule has 2 aromatic rings. The number of aryl methyl sites for hydroxylation is 1. The van der Waals surface area contributed by atoms with E-state index in [2.05, 4.69) is 10.0 Å². The molecule has 0 aliphatic heterocycles. The Morgan fingerprint density at radius 3 is 2.28 bits per heavy atom. The lowest BCUT2D eigenvalue weighted by atomic mass is 10.1. The van der Waals surface area contributed by atoms with Crippen molar-refractivity contribution in [3.8, 4) is 0 Å². The van der Waals surface area contributed by atoms with Gasteiger partial charge < -0.3 is 5.32 Å². The van der Waals surface area contributed by atoms with E-state index in [9.17, 15) is 13.2 Å². The fraction of sp³-hybridized carbons (Fsp3) is 0.316. The second kappa shape index (κ2) is 8.78. The van der Waals surface area contributed by atoms with Crippen molar-refractivity contribution in [2.24, 2.45) is 0 Å². The van der Waals surface area contributed by atoms with Gasteiger partial charge in [-0.05, 0) is 36.6 Å². The molecule has 6 heteroatoms. The molecule has 0 bridgehead atoms. The molecule has 0 radical (unpaired) electrons. The first-order chi connectivity index (χ1) is 11.9. The fourth-order valence-electron chi connectivity index (χ4n) is 2.51. The number of hydrogen-bond donors (Lipinski definition) is 2. The van der Waals surface area contributed by atoms with Crippen molar-refractivity contribution < 1.29 is 13.2 Å². The molecular weight excluding hydrogens is 336 g/mol. The molecule has 0 fully saturated rings. The van der Waals surface area contributed by atoms with Gasteiger partial charge >= 0.3 is 0 Å². The van der Waals surface area contributed by atoms with Gasteiger partial charge in [-0.15, -0.1) is 0 Å². The summed E-state index contributed by atoms with van der Waals surface area (Å²) in [5, 5.41) is 2.97. The normalized spacial score (nSPS) is 12.6. The quantitative estimate of drug-likeness (QED) is 0.760. The summed E-state index contributed by atoms with van der Waals surface area (Å²) in [4.78, 5) is 12.3. The SMILES string of the molecule is CCNS(=O)(=O)c1ccc(CCC(=O)NC(C)c2ccccc2)cc1. The number of hydrogen-bond acceptors (Lipinski definition) is 3. The first-order valence-electron chi connectivity index (χ1n) is 8.35. The molecule has 1 unspecified atom stereocenters. The average Bonchev–Trinajstić information content (AvgIpc) is 2.61. The van der Waals surface area contributed by atoms with Crippen LogP contribution in [0.2, 0.25) is 0 Å². The van der Waals surface area contributed by atoms with Gasteiger partial charge in [-0.2, -0.15) is 0 Å². The predicted molar refractivity (Wildman–Crippen MR) is 98.6 cm³/mol. The van der Waals surface area contributed by atoms with Crippen LogP contribution in [0.1, 0.15) is 37.4 Å². The molecule has 0 heterocycles. The van der Waals surface area contributed by atoms with Crippen LogP contribution in [0.5, 0.6) is 0 Å². The van der Waals surface area contributed by atoms with Gasteiger partial charge in [0.15, 0.2) is 0 Å². The summed E-state index contributed by atoms with van der Waals surface area (Å²) in [5.41, 5.74) is 1.99. The number of amides is 1. The number of benzene rings is 2. The molecule has 0 aliphatic carbocycles. The van der Waals surface area contributed by atoms with Gasteiger partial charge in [-0.25, -0.2) is 13.1 Å². The minimum atomic E-state index is -3.43. The van der Waals surface area contributed by atoms with Crippen LogP contribution < -0.4 is 10.0 Å². The first-order valence-corrected chi connectivity index (χ1v) is 9.83. The highest BCUT2D eigenvalue weighted by Gasteiger charge is 2.13. The Morgan fingerprint density at radius 2 is 1.68 bits per heavy atom. The van der Waals surface area contributed by atoms with E-state index in [0.717, 1.165) is 11.1 Å². The molecule has 2 rings (SSSR count). The molecule has 1 amide bonds. The number of carbonyl (C=O) groups is 1. The Kier molecular flexibility index (Phi) is 6.73. The van der Waals surface area contributed by atoms with E-state index in [1.165, 1.54) is 0 Å². The Hall–Kier alpha value is -2.18. The van der Waals surface area contributed by atoms with Gasteiger partial charge in [0.25, 0.3) is 0 Å². The summed E-state index contributed by atoms with van der Waals surface area (Å²) in [5.74, 6) is -0.0271. The molecule has 2 aromatic carbocycles. The van der Waals surface area contributed by atoms with E-state index < -0.39 is 10.0 Å². The second-order valence-electron chi connectivity index (χ2n) is 5.85. The number of rotatable bonds is 8. The van der Waals surface area contributed by atoms with Crippen LogP contribution in [0.3, 0.4) is 0 Å². The lowest BCUT2D eigenvalue weighted by Crippen LogP contribution is -2.26. The number of nitrogens with one attached hydrogen (secondary N) is 2. The van der Waals surface area contributed by atoms with E-state index in [0.29, 0.717) is 19.4 Å². The van der Waals surface area contributed by atoms with Gasteiger partial charge in [-0.3, -0.25) is 4.79 Å². The highest BCUT2D eigenvalue weighted by Crippen LogP contribution is 2.13. The molecule has 0 aliphatic rings. The number of carbonyl (C=O) groups excluding carboxylic acids is 1. The summed E-state index contributed by atoms with van der Waals surface area (Å²) < 4.78 is 26.2. The van der Waals surface area contributed by atoms with E-state index >= 15 is 0 Å². The molecule has 0 saturated carbocycles. The third kappa shape index (κ3) is 5.69. The van der Waals surface area contributed by atoms with E-state index in [1.807, 2.05) is 37.3 Å². The fourth-order valence-corrected chi connectivity index (χ4v) is 3.55. The largest absolute Gasteiger partial charge is 0.350 e. The third-order valence-corrected chi connectivity index (χ3v) is 5.45. The summed E-state index contributed by atoms with van der Waals surface area (Å²) in [6.45, 7) is 4.04. The molecule has 0 spiro atoms. The zero-order valence-electron chi connectivity index (χ0n) is 14.5. The molecule has 2 N–H and O–H groups in total. The smallest absolute Gasteiger partial charge is 0.240 e. The third-order valence-electron chi connectivity index (χ3n) is 3.89. The highest BCUT2D eigenvalue weighted by atomic mass is 32.2. The summed E-state index contributed by atoms with van der Waals surface area (Å²) in [6, 6.07) is 16.4. The maximum absolute atomic E-state index is 12.1. The summed E-state index contributed by atoms with van der Waals surface area (Å²) >= 11 is 0. The Morgan fingerprint density at radius 1 is 1.04 bits per heavy atom. The average molecular weight is 360 g/mol. The molecule has 1 atom stereocenters. The van der Waals surface area contributed by atoms with Crippen molar-refractivity contribution in [3.05, 3.63) is 65.7 Å². The van der Waals surface area contributed by atoms with E-state index in [-0.39, 0.29) is 16.8 Å². The minimum absolute atomic E-state index is 0.0271. The van der Waals surface area contributed by atoms with Gasteiger partial charge in [0.05, 0.1) is 10.9 Å². The molecule has 5 nitrogen and oxygen atoms in total. The zero-order chi connectivity index (χ0) is 18.3. The predicted octanol–water partition coefficient (Wildman–Crippen LogP) is 2.79. The second-order valence-corrected chi connectivity index (χ2v) is 7.61. The van der Waals surface area contributed by atoms with Crippen molar-refractivity contribution in [2.75, 3.05) is 6.54 Å². The molecule has 134 valence electrons. The van der Waals surface area contributed by atoms with Crippen LogP contribution in [0, 0.1) is 0 Å². The van der Waals surface area contributed by atoms with Gasteiger partial charge in [-0.1, -0.05) is 49.4 Å². The van der Waals surface area contributed by atoms with Gasteiger partial charge in [0.1, 0.15) is 0 Å². The maximum Gasteiger partial charge on any atom is 0.240 e. The summed E-state index contributed by atoms with van der Waals surface area (Å²) in [6.07, 6.45) is 0.922. The number of sulfonamides is 1. The van der Waals surface area contributed by atoms with Crippen LogP contribution in [-0.4, -0.2) is 20.9 Å². The van der Waals surface area contributed by atoms with Crippen LogP contribution in [0.15, 0.2) is 59.5 Å². The first kappa shape index (κ1) is 19.1. The van der Waals surface area contributed by atoms with Gasteiger partial charge in [0, 0.05) is 13.0 Å². The van der Waals surface area contributed by atoms with Crippen LogP contribution in [0.25, 0.3) is 0 Å². The van der Waals surface area contributed by atoms with Crippen molar-refractivity contribution in [1.29, 1.82) is 0 Å². The van der Waals surface area contributed by atoms with Crippen LogP contribution >= 0.6 is 0 Å². The zero-order valence-corrected chi connectivity index (χ0v) is 15.3. The molecule has 25 heavy (non-hydrogen) atoms. The minimum Gasteiger partial charge on any atom is -0.350 e. The molecule has 0 saturated heterocycles.